The molecule has 0 spiro atoms. The zero-order valence-electron chi connectivity index (χ0n) is 10.3. The van der Waals surface area contributed by atoms with Crippen molar-refractivity contribution in [3.05, 3.63) is 11.8 Å². The molecule has 0 aromatic rings. The standard InChI is InChI=1S/C14H22O2/c1-3-10(2)16-14-7-11-4-12(8-14)6-13(15,5-11)9-14/h3,11-12,15H,4-9H2,1-2H3. The van der Waals surface area contributed by atoms with Crippen molar-refractivity contribution >= 4 is 0 Å². The van der Waals surface area contributed by atoms with Crippen LogP contribution in [0.3, 0.4) is 0 Å². The van der Waals surface area contributed by atoms with Crippen LogP contribution in [0.5, 0.6) is 0 Å². The van der Waals surface area contributed by atoms with E-state index in [0.717, 1.165) is 37.9 Å². The first-order valence-corrected chi connectivity index (χ1v) is 6.57. The van der Waals surface area contributed by atoms with Crippen molar-refractivity contribution in [2.75, 3.05) is 0 Å². The topological polar surface area (TPSA) is 29.5 Å². The molecule has 4 rings (SSSR count). The van der Waals surface area contributed by atoms with Crippen LogP contribution >= 0.6 is 0 Å². The average molecular weight is 222 g/mol. The molecule has 2 unspecified atom stereocenters. The predicted molar refractivity (Wildman–Crippen MR) is 62.9 cm³/mol. The predicted octanol–water partition coefficient (Wildman–Crippen LogP) is 3.01. The van der Waals surface area contributed by atoms with Gasteiger partial charge in [0.25, 0.3) is 0 Å². The van der Waals surface area contributed by atoms with Crippen LogP contribution in [0.2, 0.25) is 0 Å². The fraction of sp³-hybridized carbons (Fsp3) is 0.857. The minimum absolute atomic E-state index is 0.0323. The summed E-state index contributed by atoms with van der Waals surface area (Å²) in [6.07, 6.45) is 8.57. The molecule has 4 saturated carbocycles. The van der Waals surface area contributed by atoms with Gasteiger partial charge in [0.2, 0.25) is 0 Å². The second-order valence-corrected chi connectivity index (χ2v) is 6.37. The van der Waals surface area contributed by atoms with Gasteiger partial charge in [0.1, 0.15) is 5.60 Å². The van der Waals surface area contributed by atoms with Crippen LogP contribution in [0.1, 0.15) is 52.4 Å². The molecule has 4 aliphatic carbocycles. The summed E-state index contributed by atoms with van der Waals surface area (Å²) in [5.74, 6) is 2.43. The lowest BCUT2D eigenvalue weighted by atomic mass is 9.52. The van der Waals surface area contributed by atoms with Gasteiger partial charge in [0, 0.05) is 6.42 Å². The Morgan fingerprint density at radius 2 is 1.88 bits per heavy atom. The Bertz CT molecular complexity index is 318. The largest absolute Gasteiger partial charge is 0.492 e. The normalized spacial score (nSPS) is 50.8. The molecular weight excluding hydrogens is 200 g/mol. The smallest absolute Gasteiger partial charge is 0.112 e. The zero-order valence-corrected chi connectivity index (χ0v) is 10.3. The molecule has 0 radical (unpaired) electrons. The van der Waals surface area contributed by atoms with Crippen LogP contribution in [0.25, 0.3) is 0 Å². The summed E-state index contributed by atoms with van der Waals surface area (Å²) >= 11 is 0. The molecule has 2 nitrogen and oxygen atoms in total. The third-order valence-corrected chi connectivity index (χ3v) is 4.76. The molecule has 0 aromatic carbocycles. The van der Waals surface area contributed by atoms with Crippen molar-refractivity contribution in [2.45, 2.75) is 63.6 Å². The van der Waals surface area contributed by atoms with Crippen molar-refractivity contribution in [2.24, 2.45) is 11.8 Å². The molecule has 90 valence electrons. The van der Waals surface area contributed by atoms with Crippen molar-refractivity contribution in [3.8, 4) is 0 Å². The summed E-state index contributed by atoms with van der Waals surface area (Å²) in [5.41, 5.74) is -0.437. The van der Waals surface area contributed by atoms with Crippen LogP contribution in [-0.4, -0.2) is 16.3 Å². The molecule has 0 heterocycles. The van der Waals surface area contributed by atoms with Crippen molar-refractivity contribution in [1.29, 1.82) is 0 Å². The van der Waals surface area contributed by atoms with E-state index in [9.17, 15) is 5.11 Å². The third-order valence-electron chi connectivity index (χ3n) is 4.76. The Morgan fingerprint density at radius 1 is 1.25 bits per heavy atom. The van der Waals surface area contributed by atoms with Crippen LogP contribution in [-0.2, 0) is 4.74 Å². The number of allylic oxidation sites excluding steroid dienone is 2. The van der Waals surface area contributed by atoms with E-state index >= 15 is 0 Å². The van der Waals surface area contributed by atoms with Gasteiger partial charge in [-0.3, -0.25) is 0 Å². The monoisotopic (exact) mass is 222 g/mol. The minimum atomic E-state index is -0.405. The van der Waals surface area contributed by atoms with Crippen molar-refractivity contribution in [1.82, 2.24) is 0 Å². The Morgan fingerprint density at radius 3 is 2.38 bits per heavy atom. The molecule has 1 N–H and O–H groups in total. The molecule has 4 aliphatic rings. The summed E-state index contributed by atoms with van der Waals surface area (Å²) in [4.78, 5) is 0. The van der Waals surface area contributed by atoms with Gasteiger partial charge < -0.3 is 9.84 Å². The summed E-state index contributed by atoms with van der Waals surface area (Å²) in [7, 11) is 0. The summed E-state index contributed by atoms with van der Waals surface area (Å²) < 4.78 is 6.17. The van der Waals surface area contributed by atoms with Crippen molar-refractivity contribution < 1.29 is 9.84 Å². The van der Waals surface area contributed by atoms with E-state index in [0.29, 0.717) is 11.8 Å². The summed E-state index contributed by atoms with van der Waals surface area (Å²) in [6, 6.07) is 0. The second-order valence-electron chi connectivity index (χ2n) is 6.37. The Balaban J connectivity index is 1.86. The van der Waals surface area contributed by atoms with Gasteiger partial charge in [-0.2, -0.15) is 0 Å². The Hall–Kier alpha value is -0.500. The fourth-order valence-corrected chi connectivity index (χ4v) is 4.65. The van der Waals surface area contributed by atoms with Gasteiger partial charge in [-0.05, 0) is 63.9 Å². The molecule has 16 heavy (non-hydrogen) atoms. The quantitative estimate of drug-likeness (QED) is 0.728. The Labute approximate surface area is 97.7 Å². The number of rotatable bonds is 2. The zero-order chi connectivity index (χ0) is 11.4. The first-order valence-electron chi connectivity index (χ1n) is 6.57. The summed E-state index contributed by atoms with van der Waals surface area (Å²) in [5, 5.41) is 10.6. The van der Waals surface area contributed by atoms with Gasteiger partial charge in [-0.1, -0.05) is 0 Å². The van der Waals surface area contributed by atoms with E-state index in [1.165, 1.54) is 6.42 Å². The van der Waals surface area contributed by atoms with Gasteiger partial charge in [0.15, 0.2) is 0 Å². The number of aliphatic hydroxyl groups is 1. The SMILES string of the molecule is CC=C(C)OC12CC3CC(CC(O)(C3)C1)C2. The lowest BCUT2D eigenvalue weighted by molar-refractivity contribution is -0.206. The maximum Gasteiger partial charge on any atom is 0.112 e. The maximum atomic E-state index is 10.6. The Kier molecular flexibility index (Phi) is 2.16. The summed E-state index contributed by atoms with van der Waals surface area (Å²) in [6.45, 7) is 4.05. The second kappa shape index (κ2) is 3.25. The van der Waals surface area contributed by atoms with Crippen LogP contribution in [0.4, 0.5) is 0 Å². The first kappa shape index (κ1) is 10.6. The van der Waals surface area contributed by atoms with E-state index in [-0.39, 0.29) is 5.60 Å². The molecule has 4 bridgehead atoms. The third kappa shape index (κ3) is 1.58. The van der Waals surface area contributed by atoms with Crippen LogP contribution in [0.15, 0.2) is 11.8 Å². The highest BCUT2D eigenvalue weighted by atomic mass is 16.5. The maximum absolute atomic E-state index is 10.6. The molecule has 2 atom stereocenters. The number of hydrogen-bond donors (Lipinski definition) is 1. The highest BCUT2D eigenvalue weighted by Crippen LogP contribution is 2.59. The number of ether oxygens (including phenoxy) is 1. The van der Waals surface area contributed by atoms with E-state index in [2.05, 4.69) is 0 Å². The molecular formula is C14H22O2. The van der Waals surface area contributed by atoms with E-state index < -0.39 is 5.60 Å². The molecule has 0 amide bonds. The lowest BCUT2D eigenvalue weighted by Crippen LogP contribution is -2.59. The number of hydrogen-bond acceptors (Lipinski definition) is 2. The molecule has 0 saturated heterocycles. The van der Waals surface area contributed by atoms with Gasteiger partial charge in [0.05, 0.1) is 11.4 Å². The van der Waals surface area contributed by atoms with E-state index in [1.54, 1.807) is 0 Å². The van der Waals surface area contributed by atoms with Gasteiger partial charge in [-0.15, -0.1) is 0 Å². The average Bonchev–Trinajstić information content (AvgIpc) is 2.12. The minimum Gasteiger partial charge on any atom is -0.492 e. The lowest BCUT2D eigenvalue weighted by Gasteiger charge is -2.59. The molecule has 4 fully saturated rings. The van der Waals surface area contributed by atoms with Gasteiger partial charge >= 0.3 is 0 Å². The first-order chi connectivity index (χ1) is 7.53. The van der Waals surface area contributed by atoms with E-state index in [1.807, 2.05) is 19.9 Å². The molecule has 2 heteroatoms. The molecule has 0 aliphatic heterocycles. The van der Waals surface area contributed by atoms with Crippen LogP contribution < -0.4 is 0 Å². The van der Waals surface area contributed by atoms with Gasteiger partial charge in [-0.25, -0.2) is 0 Å². The highest BCUT2D eigenvalue weighted by molar-refractivity contribution is 5.11. The molecule has 0 aromatic heterocycles. The highest BCUT2D eigenvalue weighted by Gasteiger charge is 2.58. The van der Waals surface area contributed by atoms with Crippen LogP contribution in [0, 0.1) is 11.8 Å². The fourth-order valence-electron chi connectivity index (χ4n) is 4.65. The van der Waals surface area contributed by atoms with Crippen molar-refractivity contribution in [3.63, 3.8) is 0 Å². The van der Waals surface area contributed by atoms with E-state index in [4.69, 9.17) is 4.74 Å².